The summed E-state index contributed by atoms with van der Waals surface area (Å²) < 4.78 is 19.9. The first-order valence-electron chi connectivity index (χ1n) is 5.75. The average molecular weight is 286 g/mol. The third-order valence-electron chi connectivity index (χ3n) is 2.76. The van der Waals surface area contributed by atoms with Crippen molar-refractivity contribution in [1.82, 2.24) is 9.78 Å². The van der Waals surface area contributed by atoms with Crippen molar-refractivity contribution < 1.29 is 9.13 Å². The maximum atomic E-state index is 13.1. The number of nitrogens with two attached hydrogens (primary N) is 1. The molecule has 2 aromatic rings. The standard InChI is InChI=1S/C13H16FN3O.ClH/c1-18-5-4-17-9-11(8-16-17)13-3-2-12(14)6-10(13)7-15;/h2-3,6,8-9H,4-5,7,15H2,1H3;1H. The van der Waals surface area contributed by atoms with Gasteiger partial charge in [-0.25, -0.2) is 4.39 Å². The van der Waals surface area contributed by atoms with Gasteiger partial charge in [0.25, 0.3) is 0 Å². The lowest BCUT2D eigenvalue weighted by molar-refractivity contribution is 0.183. The van der Waals surface area contributed by atoms with Gasteiger partial charge in [0.15, 0.2) is 0 Å². The van der Waals surface area contributed by atoms with Gasteiger partial charge in [-0.05, 0) is 23.3 Å². The van der Waals surface area contributed by atoms with E-state index in [9.17, 15) is 4.39 Å². The first-order chi connectivity index (χ1) is 8.74. The molecule has 0 unspecified atom stereocenters. The molecule has 0 atom stereocenters. The average Bonchev–Trinajstić information content (AvgIpc) is 2.84. The highest BCUT2D eigenvalue weighted by molar-refractivity contribution is 5.85. The van der Waals surface area contributed by atoms with Crippen molar-refractivity contribution >= 4 is 12.4 Å². The Morgan fingerprint density at radius 3 is 2.89 bits per heavy atom. The normalized spacial score (nSPS) is 10.3. The second kappa shape index (κ2) is 7.23. The number of hydrogen-bond donors (Lipinski definition) is 1. The molecule has 1 aromatic heterocycles. The summed E-state index contributed by atoms with van der Waals surface area (Å²) in [6.45, 7) is 1.60. The van der Waals surface area contributed by atoms with Crippen LogP contribution < -0.4 is 5.73 Å². The molecule has 19 heavy (non-hydrogen) atoms. The minimum absolute atomic E-state index is 0. The van der Waals surface area contributed by atoms with Crippen LogP contribution in [0.2, 0.25) is 0 Å². The number of nitrogens with zero attached hydrogens (tertiary/aromatic N) is 2. The molecule has 2 N–H and O–H groups in total. The van der Waals surface area contributed by atoms with Gasteiger partial charge >= 0.3 is 0 Å². The largest absolute Gasteiger partial charge is 0.383 e. The number of rotatable bonds is 5. The van der Waals surface area contributed by atoms with E-state index >= 15 is 0 Å². The van der Waals surface area contributed by atoms with Gasteiger partial charge in [0, 0.05) is 25.4 Å². The fourth-order valence-electron chi connectivity index (χ4n) is 1.82. The van der Waals surface area contributed by atoms with Crippen LogP contribution in [-0.2, 0) is 17.8 Å². The zero-order chi connectivity index (χ0) is 13.0. The molecule has 6 heteroatoms. The van der Waals surface area contributed by atoms with Crippen molar-refractivity contribution in [3.05, 3.63) is 42.0 Å². The topological polar surface area (TPSA) is 53.1 Å². The van der Waals surface area contributed by atoms with Crippen LogP contribution in [0.3, 0.4) is 0 Å². The number of aromatic nitrogens is 2. The number of halogens is 2. The molecule has 0 aliphatic heterocycles. The van der Waals surface area contributed by atoms with Gasteiger partial charge in [0.1, 0.15) is 5.82 Å². The second-order valence-electron chi connectivity index (χ2n) is 3.99. The van der Waals surface area contributed by atoms with Crippen LogP contribution >= 0.6 is 12.4 Å². The Kier molecular flexibility index (Phi) is 5.95. The van der Waals surface area contributed by atoms with Crippen LogP contribution in [0.1, 0.15) is 5.56 Å². The van der Waals surface area contributed by atoms with E-state index in [1.807, 2.05) is 6.20 Å². The third-order valence-corrected chi connectivity index (χ3v) is 2.76. The van der Waals surface area contributed by atoms with E-state index in [2.05, 4.69) is 5.10 Å². The van der Waals surface area contributed by atoms with Gasteiger partial charge < -0.3 is 10.5 Å². The Morgan fingerprint density at radius 2 is 2.21 bits per heavy atom. The molecular formula is C13H17ClFN3O. The summed E-state index contributed by atoms with van der Waals surface area (Å²) in [7, 11) is 1.65. The molecule has 0 aliphatic carbocycles. The van der Waals surface area contributed by atoms with E-state index in [1.54, 1.807) is 24.1 Å². The first-order valence-corrected chi connectivity index (χ1v) is 5.75. The SMILES string of the molecule is COCCn1cc(-c2ccc(F)cc2CN)cn1.Cl. The van der Waals surface area contributed by atoms with Gasteiger partial charge in [0.05, 0.1) is 19.3 Å². The van der Waals surface area contributed by atoms with Crippen molar-refractivity contribution in [2.24, 2.45) is 5.73 Å². The number of methoxy groups -OCH3 is 1. The van der Waals surface area contributed by atoms with Crippen LogP contribution in [0.4, 0.5) is 4.39 Å². The van der Waals surface area contributed by atoms with Crippen molar-refractivity contribution in [1.29, 1.82) is 0 Å². The maximum absolute atomic E-state index is 13.1. The van der Waals surface area contributed by atoms with Crippen LogP contribution in [0.25, 0.3) is 11.1 Å². The Balaban J connectivity index is 0.00000180. The van der Waals surface area contributed by atoms with E-state index in [0.717, 1.165) is 16.7 Å². The summed E-state index contributed by atoms with van der Waals surface area (Å²) in [6.07, 6.45) is 3.66. The van der Waals surface area contributed by atoms with Crippen molar-refractivity contribution in [3.63, 3.8) is 0 Å². The fourth-order valence-corrected chi connectivity index (χ4v) is 1.82. The van der Waals surface area contributed by atoms with E-state index in [4.69, 9.17) is 10.5 Å². The quantitative estimate of drug-likeness (QED) is 0.916. The maximum Gasteiger partial charge on any atom is 0.123 e. The Hall–Kier alpha value is -1.43. The highest BCUT2D eigenvalue weighted by atomic mass is 35.5. The Morgan fingerprint density at radius 1 is 1.42 bits per heavy atom. The van der Waals surface area contributed by atoms with Crippen molar-refractivity contribution in [2.75, 3.05) is 13.7 Å². The molecule has 0 amide bonds. The smallest absolute Gasteiger partial charge is 0.123 e. The number of ether oxygens (including phenoxy) is 1. The molecule has 0 spiro atoms. The summed E-state index contributed by atoms with van der Waals surface area (Å²) in [5, 5.41) is 4.23. The summed E-state index contributed by atoms with van der Waals surface area (Å²) in [5.41, 5.74) is 8.26. The van der Waals surface area contributed by atoms with E-state index in [-0.39, 0.29) is 18.2 Å². The monoisotopic (exact) mass is 285 g/mol. The van der Waals surface area contributed by atoms with Gasteiger partial charge in [-0.3, -0.25) is 4.68 Å². The Labute approximate surface area is 117 Å². The van der Waals surface area contributed by atoms with Crippen molar-refractivity contribution in [2.45, 2.75) is 13.1 Å². The minimum atomic E-state index is -0.272. The molecule has 0 saturated carbocycles. The lowest BCUT2D eigenvalue weighted by atomic mass is 10.0. The van der Waals surface area contributed by atoms with E-state index < -0.39 is 0 Å². The number of benzene rings is 1. The van der Waals surface area contributed by atoms with Crippen LogP contribution in [-0.4, -0.2) is 23.5 Å². The molecule has 0 radical (unpaired) electrons. The van der Waals surface area contributed by atoms with E-state index in [0.29, 0.717) is 19.7 Å². The highest BCUT2D eigenvalue weighted by Crippen LogP contribution is 2.23. The first kappa shape index (κ1) is 15.6. The molecule has 0 fully saturated rings. The van der Waals surface area contributed by atoms with Gasteiger partial charge in [0.2, 0.25) is 0 Å². The summed E-state index contributed by atoms with van der Waals surface area (Å²) in [5.74, 6) is -0.272. The summed E-state index contributed by atoms with van der Waals surface area (Å²) in [4.78, 5) is 0. The zero-order valence-corrected chi connectivity index (χ0v) is 11.5. The van der Waals surface area contributed by atoms with Crippen molar-refractivity contribution in [3.8, 4) is 11.1 Å². The molecule has 4 nitrogen and oxygen atoms in total. The highest BCUT2D eigenvalue weighted by Gasteiger charge is 2.07. The van der Waals surface area contributed by atoms with Gasteiger partial charge in [-0.1, -0.05) is 6.07 Å². The van der Waals surface area contributed by atoms with E-state index in [1.165, 1.54) is 12.1 Å². The lowest BCUT2D eigenvalue weighted by Gasteiger charge is -2.05. The third kappa shape index (κ3) is 3.76. The van der Waals surface area contributed by atoms with Crippen LogP contribution in [0.15, 0.2) is 30.6 Å². The van der Waals surface area contributed by atoms with Gasteiger partial charge in [-0.2, -0.15) is 5.10 Å². The van der Waals surface area contributed by atoms with Crippen LogP contribution in [0, 0.1) is 5.82 Å². The lowest BCUT2D eigenvalue weighted by Crippen LogP contribution is -2.04. The minimum Gasteiger partial charge on any atom is -0.383 e. The second-order valence-corrected chi connectivity index (χ2v) is 3.99. The molecule has 0 bridgehead atoms. The summed E-state index contributed by atoms with van der Waals surface area (Å²) >= 11 is 0. The van der Waals surface area contributed by atoms with Gasteiger partial charge in [-0.15, -0.1) is 12.4 Å². The predicted molar refractivity (Wildman–Crippen MR) is 74.6 cm³/mol. The molecule has 0 saturated heterocycles. The molecule has 1 heterocycles. The molecule has 104 valence electrons. The zero-order valence-electron chi connectivity index (χ0n) is 10.7. The van der Waals surface area contributed by atoms with Crippen LogP contribution in [0.5, 0.6) is 0 Å². The molecule has 0 aliphatic rings. The molecule has 1 aromatic carbocycles. The summed E-state index contributed by atoms with van der Waals surface area (Å²) in [6, 6.07) is 4.62. The fraction of sp³-hybridized carbons (Fsp3) is 0.308. The Bertz CT molecular complexity index is 530. The predicted octanol–water partition coefficient (Wildman–Crippen LogP) is 2.22. The molecule has 2 rings (SSSR count). The number of hydrogen-bond acceptors (Lipinski definition) is 3. The molecular weight excluding hydrogens is 269 g/mol.